The number of halogens is 2. The normalized spacial score (nSPS) is 23.7. The minimum atomic E-state index is -1.32. The molecule has 1 aliphatic rings. The Balaban J connectivity index is 2.52. The molecular formula is C8H13Cl2NO2. The molecule has 3 nitrogen and oxygen atoms in total. The number of hydrogen-bond donors (Lipinski definition) is 0. The van der Waals surface area contributed by atoms with Crippen LogP contribution in [-0.2, 0) is 9.53 Å². The molecule has 1 heterocycles. The van der Waals surface area contributed by atoms with Crippen molar-refractivity contribution in [2.24, 2.45) is 0 Å². The molecule has 0 radical (unpaired) electrons. The van der Waals surface area contributed by atoms with E-state index in [-0.39, 0.29) is 12.0 Å². The summed E-state index contributed by atoms with van der Waals surface area (Å²) in [6, 6.07) is 0. The Morgan fingerprint density at radius 1 is 1.62 bits per heavy atom. The van der Waals surface area contributed by atoms with Crippen LogP contribution in [0.15, 0.2) is 0 Å². The highest BCUT2D eigenvalue weighted by molar-refractivity contribution is 6.57. The Morgan fingerprint density at radius 2 is 2.23 bits per heavy atom. The number of carbonyl (C=O) groups is 1. The Morgan fingerprint density at radius 3 is 2.62 bits per heavy atom. The maximum atomic E-state index is 11.5. The predicted octanol–water partition coefficient (Wildman–Crippen LogP) is 1.43. The Bertz CT molecular complexity index is 203. The van der Waals surface area contributed by atoms with Crippen LogP contribution in [0.2, 0.25) is 0 Å². The smallest absolute Gasteiger partial charge is 0.258 e. The van der Waals surface area contributed by atoms with Crippen LogP contribution in [0.25, 0.3) is 0 Å². The average Bonchev–Trinajstić information content (AvgIpc) is 2.48. The number of nitrogens with zero attached hydrogens (tertiary/aromatic N) is 1. The fourth-order valence-corrected chi connectivity index (χ4v) is 1.62. The molecule has 1 amide bonds. The summed E-state index contributed by atoms with van der Waals surface area (Å²) in [6.45, 7) is 2.75. The molecule has 0 bridgehead atoms. The maximum absolute atomic E-state index is 11.5. The summed E-state index contributed by atoms with van der Waals surface area (Å²) in [4.78, 5) is 13.2. The second kappa shape index (κ2) is 4.03. The van der Waals surface area contributed by atoms with Crippen molar-refractivity contribution in [2.75, 3.05) is 20.2 Å². The highest BCUT2D eigenvalue weighted by Gasteiger charge is 2.36. The van der Waals surface area contributed by atoms with Crippen molar-refractivity contribution in [3.8, 4) is 0 Å². The molecular weight excluding hydrogens is 213 g/mol. The van der Waals surface area contributed by atoms with Gasteiger partial charge in [-0.1, -0.05) is 23.2 Å². The van der Waals surface area contributed by atoms with Crippen LogP contribution in [0.3, 0.4) is 0 Å². The highest BCUT2D eigenvalue weighted by Crippen LogP contribution is 2.25. The molecule has 0 aromatic rings. The van der Waals surface area contributed by atoms with E-state index in [1.54, 1.807) is 12.0 Å². The molecule has 0 aromatic heterocycles. The zero-order chi connectivity index (χ0) is 10.1. The lowest BCUT2D eigenvalue weighted by molar-refractivity contribution is -0.130. The molecule has 1 atom stereocenters. The quantitative estimate of drug-likeness (QED) is 0.666. The van der Waals surface area contributed by atoms with E-state index in [1.807, 2.05) is 0 Å². The van der Waals surface area contributed by atoms with Crippen LogP contribution >= 0.6 is 23.2 Å². The van der Waals surface area contributed by atoms with Crippen LogP contribution in [0.1, 0.15) is 13.3 Å². The lowest BCUT2D eigenvalue weighted by Gasteiger charge is -2.21. The van der Waals surface area contributed by atoms with Crippen LogP contribution < -0.4 is 0 Å². The van der Waals surface area contributed by atoms with Crippen LogP contribution in [0.4, 0.5) is 0 Å². The lowest BCUT2D eigenvalue weighted by Crippen LogP contribution is -2.39. The van der Waals surface area contributed by atoms with E-state index in [0.717, 1.165) is 6.42 Å². The Kier molecular flexibility index (Phi) is 3.44. The third kappa shape index (κ3) is 2.73. The van der Waals surface area contributed by atoms with Gasteiger partial charge in [0.15, 0.2) is 4.33 Å². The van der Waals surface area contributed by atoms with E-state index in [9.17, 15) is 4.79 Å². The molecule has 1 aliphatic heterocycles. The molecule has 0 N–H and O–H groups in total. The highest BCUT2D eigenvalue weighted by atomic mass is 35.5. The van der Waals surface area contributed by atoms with Crippen molar-refractivity contribution >= 4 is 29.1 Å². The maximum Gasteiger partial charge on any atom is 0.258 e. The molecule has 0 aliphatic carbocycles. The number of hydrogen-bond acceptors (Lipinski definition) is 2. The van der Waals surface area contributed by atoms with Gasteiger partial charge in [0.05, 0.1) is 6.10 Å². The Labute approximate surface area is 87.9 Å². The van der Waals surface area contributed by atoms with Crippen molar-refractivity contribution in [3.05, 3.63) is 0 Å². The first-order chi connectivity index (χ1) is 5.95. The largest absolute Gasteiger partial charge is 0.380 e. The third-order valence-electron chi connectivity index (χ3n) is 2.14. The second-order valence-electron chi connectivity index (χ2n) is 3.29. The molecule has 0 spiro atoms. The minimum absolute atomic E-state index is 0.125. The van der Waals surface area contributed by atoms with Gasteiger partial charge in [-0.05, 0) is 13.3 Å². The standard InChI is InChI=1S/C8H13Cl2NO2/c1-8(9,10)7(12)11-4-3-6(5-11)13-2/h6H,3-5H2,1-2H3/t6-/m0/s1. The number of methoxy groups -OCH3 is 1. The molecule has 5 heteroatoms. The number of ether oxygens (including phenoxy) is 1. The van der Waals surface area contributed by atoms with Crippen molar-refractivity contribution in [1.82, 2.24) is 4.90 Å². The Hall–Kier alpha value is 0.01000. The zero-order valence-corrected chi connectivity index (χ0v) is 9.23. The van der Waals surface area contributed by atoms with Crippen LogP contribution in [-0.4, -0.2) is 41.4 Å². The van der Waals surface area contributed by atoms with Crippen molar-refractivity contribution in [2.45, 2.75) is 23.8 Å². The van der Waals surface area contributed by atoms with E-state index in [1.165, 1.54) is 6.92 Å². The minimum Gasteiger partial charge on any atom is -0.380 e. The first-order valence-electron chi connectivity index (χ1n) is 4.15. The molecule has 76 valence electrons. The van der Waals surface area contributed by atoms with Crippen LogP contribution in [0.5, 0.6) is 0 Å². The first-order valence-corrected chi connectivity index (χ1v) is 4.90. The van der Waals surface area contributed by atoms with Gasteiger partial charge >= 0.3 is 0 Å². The molecule has 13 heavy (non-hydrogen) atoms. The zero-order valence-electron chi connectivity index (χ0n) is 7.72. The molecule has 1 saturated heterocycles. The van der Waals surface area contributed by atoms with Crippen molar-refractivity contribution < 1.29 is 9.53 Å². The van der Waals surface area contributed by atoms with Gasteiger partial charge in [0.2, 0.25) is 0 Å². The fourth-order valence-electron chi connectivity index (χ4n) is 1.38. The van der Waals surface area contributed by atoms with Gasteiger partial charge in [-0.25, -0.2) is 0 Å². The lowest BCUT2D eigenvalue weighted by atomic mass is 10.3. The van der Waals surface area contributed by atoms with Gasteiger partial charge in [-0.2, -0.15) is 0 Å². The third-order valence-corrected chi connectivity index (χ3v) is 2.46. The number of amides is 1. The summed E-state index contributed by atoms with van der Waals surface area (Å²) in [7, 11) is 1.64. The monoisotopic (exact) mass is 225 g/mol. The fraction of sp³-hybridized carbons (Fsp3) is 0.875. The van der Waals surface area contributed by atoms with Gasteiger partial charge in [0.25, 0.3) is 5.91 Å². The van der Waals surface area contributed by atoms with Gasteiger partial charge < -0.3 is 9.64 Å². The van der Waals surface area contributed by atoms with Gasteiger partial charge in [-0.15, -0.1) is 0 Å². The molecule has 0 saturated carbocycles. The summed E-state index contributed by atoms with van der Waals surface area (Å²) in [5.41, 5.74) is 0. The molecule has 1 rings (SSSR count). The summed E-state index contributed by atoms with van der Waals surface area (Å²) >= 11 is 11.4. The van der Waals surface area contributed by atoms with Gasteiger partial charge in [0.1, 0.15) is 0 Å². The van der Waals surface area contributed by atoms with Crippen molar-refractivity contribution in [1.29, 1.82) is 0 Å². The van der Waals surface area contributed by atoms with E-state index in [2.05, 4.69) is 0 Å². The summed E-state index contributed by atoms with van der Waals surface area (Å²) < 4.78 is 3.81. The van der Waals surface area contributed by atoms with Crippen molar-refractivity contribution in [3.63, 3.8) is 0 Å². The summed E-state index contributed by atoms with van der Waals surface area (Å²) in [5.74, 6) is -0.240. The van der Waals surface area contributed by atoms with Crippen LogP contribution in [0, 0.1) is 0 Å². The topological polar surface area (TPSA) is 29.5 Å². The van der Waals surface area contributed by atoms with Gasteiger partial charge in [0, 0.05) is 20.2 Å². The SMILES string of the molecule is CO[C@H]1CCN(C(=O)C(C)(Cl)Cl)C1. The summed E-state index contributed by atoms with van der Waals surface area (Å²) in [6.07, 6.45) is 0.978. The number of alkyl halides is 2. The predicted molar refractivity (Wildman–Crippen MR) is 52.1 cm³/mol. The number of rotatable bonds is 2. The molecule has 0 unspecified atom stereocenters. The number of likely N-dealkylation sites (tertiary alicyclic amines) is 1. The van der Waals surface area contributed by atoms with E-state index in [4.69, 9.17) is 27.9 Å². The summed E-state index contributed by atoms with van der Waals surface area (Å²) in [5, 5.41) is 0. The first kappa shape index (κ1) is 11.1. The van der Waals surface area contributed by atoms with E-state index < -0.39 is 4.33 Å². The van der Waals surface area contributed by atoms with E-state index >= 15 is 0 Å². The average molecular weight is 226 g/mol. The number of carbonyl (C=O) groups excluding carboxylic acids is 1. The molecule has 1 fully saturated rings. The van der Waals surface area contributed by atoms with Gasteiger partial charge in [-0.3, -0.25) is 4.79 Å². The molecule has 0 aromatic carbocycles. The second-order valence-corrected chi connectivity index (χ2v) is 4.99. The van der Waals surface area contributed by atoms with E-state index in [0.29, 0.717) is 13.1 Å².